The Morgan fingerprint density at radius 3 is 1.92 bits per heavy atom. The van der Waals surface area contributed by atoms with E-state index >= 15 is 0 Å². The molecule has 1 unspecified atom stereocenters. The van der Waals surface area contributed by atoms with Crippen LogP contribution in [-0.4, -0.2) is 27.4 Å². The molecule has 0 aromatic rings. The van der Waals surface area contributed by atoms with Gasteiger partial charge >= 0.3 is 5.97 Å². The normalized spacial score (nSPS) is 14.6. The number of carboxylic acids is 1. The highest BCUT2D eigenvalue weighted by molar-refractivity contribution is 5.80. The standard InChI is InChI=1S/C22H32O4/c1-2-20(23)16-12-10-11-14-18-21(24)17-13-8-6-4-3-5-7-9-15-19-22(25)26/h3-9,13,15,17,19-20,23-24H,2,10-12,14,16,18H2,1H3,(H,25,26). The Bertz CT molecular complexity index is 536. The lowest BCUT2D eigenvalue weighted by Crippen LogP contribution is -2.03. The van der Waals surface area contributed by atoms with Crippen LogP contribution in [0.15, 0.2) is 72.6 Å². The molecule has 0 radical (unpaired) electrons. The van der Waals surface area contributed by atoms with Crippen LogP contribution in [0.3, 0.4) is 0 Å². The van der Waals surface area contributed by atoms with E-state index in [1.807, 2.05) is 31.2 Å². The van der Waals surface area contributed by atoms with Crippen molar-refractivity contribution in [2.75, 3.05) is 0 Å². The molecule has 0 aliphatic heterocycles. The molecular weight excluding hydrogens is 328 g/mol. The minimum absolute atomic E-state index is 0.166. The topological polar surface area (TPSA) is 77.8 Å². The Balaban J connectivity index is 3.81. The van der Waals surface area contributed by atoms with Gasteiger partial charge in [0.05, 0.1) is 11.9 Å². The fourth-order valence-corrected chi connectivity index (χ4v) is 2.08. The van der Waals surface area contributed by atoms with Gasteiger partial charge in [0.1, 0.15) is 0 Å². The monoisotopic (exact) mass is 360 g/mol. The van der Waals surface area contributed by atoms with Gasteiger partial charge in [-0.2, -0.15) is 0 Å². The maximum atomic E-state index is 10.2. The average molecular weight is 360 g/mol. The highest BCUT2D eigenvalue weighted by Crippen LogP contribution is 2.11. The zero-order valence-corrected chi connectivity index (χ0v) is 15.6. The molecule has 4 nitrogen and oxygen atoms in total. The van der Waals surface area contributed by atoms with Crippen molar-refractivity contribution in [1.82, 2.24) is 0 Å². The second-order valence-corrected chi connectivity index (χ2v) is 5.91. The van der Waals surface area contributed by atoms with Crippen LogP contribution < -0.4 is 0 Å². The van der Waals surface area contributed by atoms with E-state index in [1.165, 1.54) is 6.08 Å². The summed E-state index contributed by atoms with van der Waals surface area (Å²) in [5, 5.41) is 27.6. The minimum atomic E-state index is -0.966. The van der Waals surface area contributed by atoms with Crippen LogP contribution in [0.2, 0.25) is 0 Å². The van der Waals surface area contributed by atoms with Crippen LogP contribution in [-0.2, 0) is 4.79 Å². The molecule has 0 aromatic carbocycles. The second kappa shape index (κ2) is 17.5. The number of unbranched alkanes of at least 4 members (excludes halogenated alkanes) is 3. The zero-order valence-electron chi connectivity index (χ0n) is 15.6. The van der Waals surface area contributed by atoms with Gasteiger partial charge in [-0.05, 0) is 25.3 Å². The van der Waals surface area contributed by atoms with Crippen molar-refractivity contribution in [2.45, 2.75) is 58.0 Å². The van der Waals surface area contributed by atoms with Gasteiger partial charge in [0.15, 0.2) is 0 Å². The van der Waals surface area contributed by atoms with E-state index in [4.69, 9.17) is 5.11 Å². The highest BCUT2D eigenvalue weighted by atomic mass is 16.4. The van der Waals surface area contributed by atoms with Gasteiger partial charge in [0, 0.05) is 12.5 Å². The lowest BCUT2D eigenvalue weighted by molar-refractivity contribution is -0.131. The van der Waals surface area contributed by atoms with Crippen molar-refractivity contribution in [1.29, 1.82) is 0 Å². The summed E-state index contributed by atoms with van der Waals surface area (Å²) < 4.78 is 0. The van der Waals surface area contributed by atoms with Gasteiger partial charge < -0.3 is 15.3 Å². The highest BCUT2D eigenvalue weighted by Gasteiger charge is 1.99. The molecule has 1 atom stereocenters. The summed E-state index contributed by atoms with van der Waals surface area (Å²) in [7, 11) is 0. The van der Waals surface area contributed by atoms with Gasteiger partial charge in [-0.3, -0.25) is 0 Å². The molecule has 26 heavy (non-hydrogen) atoms. The summed E-state index contributed by atoms with van der Waals surface area (Å²) in [6.07, 6.45) is 24.9. The van der Waals surface area contributed by atoms with Crippen LogP contribution >= 0.6 is 0 Å². The number of carbonyl (C=O) groups is 1. The predicted molar refractivity (Wildman–Crippen MR) is 108 cm³/mol. The molecule has 0 spiro atoms. The third-order valence-corrected chi connectivity index (χ3v) is 3.61. The van der Waals surface area contributed by atoms with Crippen molar-refractivity contribution in [3.8, 4) is 0 Å². The van der Waals surface area contributed by atoms with E-state index < -0.39 is 5.97 Å². The van der Waals surface area contributed by atoms with E-state index in [2.05, 4.69) is 0 Å². The number of aliphatic hydroxyl groups is 2. The largest absolute Gasteiger partial charge is 0.512 e. The Kier molecular flexibility index (Phi) is 15.9. The summed E-state index contributed by atoms with van der Waals surface area (Å²) in [5.74, 6) is -0.585. The van der Waals surface area contributed by atoms with Gasteiger partial charge in [-0.25, -0.2) is 4.79 Å². The maximum Gasteiger partial charge on any atom is 0.328 e. The molecule has 0 fully saturated rings. The van der Waals surface area contributed by atoms with Crippen LogP contribution in [0, 0.1) is 0 Å². The number of allylic oxidation sites excluding steroid dienone is 11. The molecule has 0 saturated carbocycles. The molecule has 4 heteroatoms. The molecule has 0 aliphatic rings. The lowest BCUT2D eigenvalue weighted by atomic mass is 10.1. The summed E-state index contributed by atoms with van der Waals surface area (Å²) in [6, 6.07) is 0. The smallest absolute Gasteiger partial charge is 0.328 e. The number of aliphatic hydroxyl groups excluding tert-OH is 2. The number of hydrogen-bond acceptors (Lipinski definition) is 3. The molecule has 3 N–H and O–H groups in total. The Hall–Kier alpha value is -2.33. The molecule has 0 aromatic heterocycles. The number of aliphatic carboxylic acids is 1. The fourth-order valence-electron chi connectivity index (χ4n) is 2.08. The first-order chi connectivity index (χ1) is 12.6. The molecule has 0 rings (SSSR count). The third kappa shape index (κ3) is 18.0. The van der Waals surface area contributed by atoms with Crippen molar-refractivity contribution in [3.63, 3.8) is 0 Å². The van der Waals surface area contributed by atoms with Crippen molar-refractivity contribution < 1.29 is 20.1 Å². The van der Waals surface area contributed by atoms with E-state index in [0.717, 1.165) is 44.6 Å². The minimum Gasteiger partial charge on any atom is -0.512 e. The van der Waals surface area contributed by atoms with Gasteiger partial charge in [0.25, 0.3) is 0 Å². The SMILES string of the molecule is CCC(O)CCCCCCC(O)=CC=CC=CC=CC=CC=CC(=O)O. The molecule has 144 valence electrons. The van der Waals surface area contributed by atoms with Gasteiger partial charge in [-0.1, -0.05) is 80.9 Å². The first-order valence-corrected chi connectivity index (χ1v) is 9.20. The zero-order chi connectivity index (χ0) is 19.5. The average Bonchev–Trinajstić information content (AvgIpc) is 2.61. The van der Waals surface area contributed by atoms with Crippen LogP contribution in [0.1, 0.15) is 51.9 Å². The first kappa shape index (κ1) is 23.7. The Morgan fingerprint density at radius 1 is 0.808 bits per heavy atom. The van der Waals surface area contributed by atoms with E-state index in [1.54, 1.807) is 30.4 Å². The summed E-state index contributed by atoms with van der Waals surface area (Å²) in [5.41, 5.74) is 0. The van der Waals surface area contributed by atoms with E-state index in [9.17, 15) is 15.0 Å². The maximum absolute atomic E-state index is 10.2. The molecule has 0 bridgehead atoms. The van der Waals surface area contributed by atoms with Crippen molar-refractivity contribution in [2.24, 2.45) is 0 Å². The van der Waals surface area contributed by atoms with Crippen molar-refractivity contribution >= 4 is 5.97 Å². The number of carboxylic acid groups (broad SMARTS) is 1. The summed E-state index contributed by atoms with van der Waals surface area (Å²) in [4.78, 5) is 10.2. The van der Waals surface area contributed by atoms with Crippen LogP contribution in [0.5, 0.6) is 0 Å². The third-order valence-electron chi connectivity index (χ3n) is 3.61. The second-order valence-electron chi connectivity index (χ2n) is 5.91. The molecule has 0 amide bonds. The van der Waals surface area contributed by atoms with Crippen molar-refractivity contribution in [3.05, 3.63) is 72.6 Å². The van der Waals surface area contributed by atoms with Crippen LogP contribution in [0.25, 0.3) is 0 Å². The number of hydrogen-bond donors (Lipinski definition) is 3. The molecule has 0 aliphatic carbocycles. The van der Waals surface area contributed by atoms with Gasteiger partial charge in [0.2, 0.25) is 0 Å². The Labute approximate surface area is 157 Å². The molecular formula is C22H32O4. The molecule has 0 saturated heterocycles. The van der Waals surface area contributed by atoms with Crippen LogP contribution in [0.4, 0.5) is 0 Å². The molecule has 0 heterocycles. The number of rotatable bonds is 14. The fraction of sp³-hybridized carbons (Fsp3) is 0.409. The Morgan fingerprint density at radius 2 is 1.35 bits per heavy atom. The lowest BCUT2D eigenvalue weighted by Gasteiger charge is -2.06. The van der Waals surface area contributed by atoms with E-state index in [0.29, 0.717) is 12.2 Å². The first-order valence-electron chi connectivity index (χ1n) is 9.20. The predicted octanol–water partition coefficient (Wildman–Crippen LogP) is 5.41. The van der Waals surface area contributed by atoms with Gasteiger partial charge in [-0.15, -0.1) is 0 Å². The quantitative estimate of drug-likeness (QED) is 0.168. The summed E-state index contributed by atoms with van der Waals surface area (Å²) in [6.45, 7) is 1.99. The summed E-state index contributed by atoms with van der Waals surface area (Å²) >= 11 is 0. The van der Waals surface area contributed by atoms with E-state index in [-0.39, 0.29) is 6.10 Å².